The molecule has 0 aliphatic rings. The van der Waals surface area contributed by atoms with Crippen molar-refractivity contribution in [2.24, 2.45) is 0 Å². The van der Waals surface area contributed by atoms with E-state index < -0.39 is 17.8 Å². The molecule has 0 spiro atoms. The Bertz CT molecular complexity index is 658. The number of rotatable bonds is 7. The Kier molecular flexibility index (Phi) is 8.11. The molecule has 1 aromatic rings. The maximum Gasteiger partial charge on any atom is 0.306 e. The van der Waals surface area contributed by atoms with Gasteiger partial charge in [-0.2, -0.15) is 0 Å². The standard InChI is InChI=1S/C17H23N3O5/c1-11-4-5-13(12(2)10-11)18-14(21)6-7-15(22)19-20-16(23)8-9-17(24)25-3/h4-5,10H,6-9H2,1-3H3,(H,18,21)(H,19,22)(H,20,23). The molecule has 0 atom stereocenters. The van der Waals surface area contributed by atoms with E-state index in [-0.39, 0.29) is 31.6 Å². The van der Waals surface area contributed by atoms with Gasteiger partial charge in [0.15, 0.2) is 0 Å². The highest BCUT2D eigenvalue weighted by atomic mass is 16.5. The van der Waals surface area contributed by atoms with Crippen LogP contribution in [-0.2, 0) is 23.9 Å². The fourth-order valence-electron chi connectivity index (χ4n) is 1.98. The summed E-state index contributed by atoms with van der Waals surface area (Å²) in [5, 5.41) is 2.74. The smallest absolute Gasteiger partial charge is 0.306 e. The SMILES string of the molecule is COC(=O)CCC(=O)NNC(=O)CCC(=O)Nc1ccc(C)cc1C. The Balaban J connectivity index is 2.28. The number of carbonyl (C=O) groups is 4. The molecule has 8 nitrogen and oxygen atoms in total. The van der Waals surface area contributed by atoms with Crippen LogP contribution in [0.25, 0.3) is 0 Å². The van der Waals surface area contributed by atoms with Crippen LogP contribution in [0.1, 0.15) is 36.8 Å². The molecular formula is C17H23N3O5. The molecule has 0 heterocycles. The van der Waals surface area contributed by atoms with E-state index >= 15 is 0 Å². The first kappa shape index (κ1) is 20.1. The van der Waals surface area contributed by atoms with Crippen molar-refractivity contribution in [1.82, 2.24) is 10.9 Å². The second-order valence-electron chi connectivity index (χ2n) is 5.54. The van der Waals surface area contributed by atoms with Gasteiger partial charge >= 0.3 is 5.97 Å². The van der Waals surface area contributed by atoms with E-state index in [1.54, 1.807) is 0 Å². The number of anilines is 1. The third-order valence-electron chi connectivity index (χ3n) is 3.36. The van der Waals surface area contributed by atoms with Gasteiger partial charge < -0.3 is 10.1 Å². The molecule has 0 saturated heterocycles. The molecule has 1 rings (SSSR count). The lowest BCUT2D eigenvalue weighted by Gasteiger charge is -2.10. The van der Waals surface area contributed by atoms with Crippen LogP contribution in [-0.4, -0.2) is 30.8 Å². The number of hydrazine groups is 1. The zero-order valence-corrected chi connectivity index (χ0v) is 14.6. The maximum atomic E-state index is 11.9. The van der Waals surface area contributed by atoms with Crippen LogP contribution in [0.5, 0.6) is 0 Å². The quantitative estimate of drug-likeness (QED) is 0.504. The van der Waals surface area contributed by atoms with Crippen LogP contribution < -0.4 is 16.2 Å². The predicted molar refractivity (Wildman–Crippen MR) is 91.3 cm³/mol. The predicted octanol–water partition coefficient (Wildman–Crippen LogP) is 1.12. The lowest BCUT2D eigenvalue weighted by atomic mass is 10.1. The Hall–Kier alpha value is -2.90. The molecular weight excluding hydrogens is 326 g/mol. The summed E-state index contributed by atoms with van der Waals surface area (Å²) in [6.45, 7) is 3.85. The topological polar surface area (TPSA) is 114 Å². The first-order chi connectivity index (χ1) is 11.8. The molecule has 3 N–H and O–H groups in total. The molecule has 0 radical (unpaired) electrons. The summed E-state index contributed by atoms with van der Waals surface area (Å²) in [7, 11) is 1.23. The molecule has 0 bridgehead atoms. The largest absolute Gasteiger partial charge is 0.469 e. The molecule has 25 heavy (non-hydrogen) atoms. The normalized spacial score (nSPS) is 9.88. The minimum absolute atomic E-state index is 0.0167. The van der Waals surface area contributed by atoms with Gasteiger partial charge in [-0.25, -0.2) is 0 Å². The maximum absolute atomic E-state index is 11.9. The fraction of sp³-hybridized carbons (Fsp3) is 0.412. The van der Waals surface area contributed by atoms with Crippen molar-refractivity contribution in [2.45, 2.75) is 39.5 Å². The molecule has 3 amide bonds. The lowest BCUT2D eigenvalue weighted by Crippen LogP contribution is -2.41. The van der Waals surface area contributed by atoms with Crippen molar-refractivity contribution in [2.75, 3.05) is 12.4 Å². The van der Waals surface area contributed by atoms with E-state index in [0.29, 0.717) is 5.69 Å². The first-order valence-electron chi connectivity index (χ1n) is 7.83. The van der Waals surface area contributed by atoms with Crippen LogP contribution in [0.15, 0.2) is 18.2 Å². The van der Waals surface area contributed by atoms with Crippen LogP contribution in [0, 0.1) is 13.8 Å². The molecule has 0 aliphatic carbocycles. The highest BCUT2D eigenvalue weighted by Crippen LogP contribution is 2.16. The number of hydrogen-bond acceptors (Lipinski definition) is 5. The lowest BCUT2D eigenvalue weighted by molar-refractivity contribution is -0.142. The van der Waals surface area contributed by atoms with E-state index in [1.165, 1.54) is 7.11 Å². The summed E-state index contributed by atoms with van der Waals surface area (Å²) in [4.78, 5) is 45.8. The second-order valence-corrected chi connectivity index (χ2v) is 5.54. The highest BCUT2D eigenvalue weighted by molar-refractivity contribution is 5.94. The number of methoxy groups -OCH3 is 1. The number of ether oxygens (including phenoxy) is 1. The van der Waals surface area contributed by atoms with Crippen LogP contribution in [0.4, 0.5) is 5.69 Å². The number of benzene rings is 1. The average molecular weight is 349 g/mol. The van der Waals surface area contributed by atoms with Crippen LogP contribution in [0.2, 0.25) is 0 Å². The Labute approximate surface area is 146 Å². The van der Waals surface area contributed by atoms with Gasteiger partial charge in [-0.3, -0.25) is 30.0 Å². The summed E-state index contributed by atoms with van der Waals surface area (Å²) in [6.07, 6.45) is -0.262. The van der Waals surface area contributed by atoms with Crippen molar-refractivity contribution in [3.63, 3.8) is 0 Å². The average Bonchev–Trinajstić information content (AvgIpc) is 2.58. The first-order valence-corrected chi connectivity index (χ1v) is 7.83. The van der Waals surface area contributed by atoms with Crippen molar-refractivity contribution in [1.29, 1.82) is 0 Å². The van der Waals surface area contributed by atoms with Crippen molar-refractivity contribution in [3.8, 4) is 0 Å². The zero-order chi connectivity index (χ0) is 18.8. The minimum Gasteiger partial charge on any atom is -0.469 e. The summed E-state index contributed by atoms with van der Waals surface area (Å²) in [5.41, 5.74) is 7.10. The molecule has 8 heteroatoms. The summed E-state index contributed by atoms with van der Waals surface area (Å²) >= 11 is 0. The van der Waals surface area contributed by atoms with Gasteiger partial charge in [0, 0.05) is 24.9 Å². The van der Waals surface area contributed by atoms with E-state index in [1.807, 2.05) is 32.0 Å². The molecule has 0 aromatic heterocycles. The van der Waals surface area contributed by atoms with Crippen molar-refractivity contribution in [3.05, 3.63) is 29.3 Å². The van der Waals surface area contributed by atoms with E-state index in [2.05, 4.69) is 20.9 Å². The van der Waals surface area contributed by atoms with Gasteiger partial charge in [0.1, 0.15) is 0 Å². The Morgan fingerprint density at radius 2 is 1.44 bits per heavy atom. The number of carbonyl (C=O) groups excluding carboxylic acids is 4. The molecule has 0 unspecified atom stereocenters. The molecule has 0 saturated carbocycles. The summed E-state index contributed by atoms with van der Waals surface area (Å²) in [6, 6.07) is 5.65. The zero-order valence-electron chi connectivity index (χ0n) is 14.6. The van der Waals surface area contributed by atoms with Gasteiger partial charge in [-0.05, 0) is 25.5 Å². The Morgan fingerprint density at radius 3 is 2.00 bits per heavy atom. The second kappa shape index (κ2) is 10.1. The number of esters is 1. The van der Waals surface area contributed by atoms with E-state index in [9.17, 15) is 19.2 Å². The number of aryl methyl sites for hydroxylation is 2. The molecule has 0 aliphatic heterocycles. The van der Waals surface area contributed by atoms with Crippen molar-refractivity contribution >= 4 is 29.4 Å². The highest BCUT2D eigenvalue weighted by Gasteiger charge is 2.10. The summed E-state index contributed by atoms with van der Waals surface area (Å²) in [5.74, 6) is -1.82. The number of hydrogen-bond donors (Lipinski definition) is 3. The minimum atomic E-state index is -0.515. The molecule has 1 aromatic carbocycles. The molecule has 136 valence electrons. The van der Waals surface area contributed by atoms with Crippen molar-refractivity contribution < 1.29 is 23.9 Å². The van der Waals surface area contributed by atoms with Gasteiger partial charge in [0.2, 0.25) is 17.7 Å². The molecule has 0 fully saturated rings. The third-order valence-corrected chi connectivity index (χ3v) is 3.36. The van der Waals surface area contributed by atoms with Gasteiger partial charge in [-0.1, -0.05) is 17.7 Å². The van der Waals surface area contributed by atoms with Gasteiger partial charge in [0.25, 0.3) is 0 Å². The van der Waals surface area contributed by atoms with Gasteiger partial charge in [-0.15, -0.1) is 0 Å². The van der Waals surface area contributed by atoms with Crippen LogP contribution in [0.3, 0.4) is 0 Å². The number of nitrogens with one attached hydrogen (secondary N) is 3. The fourth-order valence-corrected chi connectivity index (χ4v) is 1.98. The Morgan fingerprint density at radius 1 is 0.880 bits per heavy atom. The van der Waals surface area contributed by atoms with Gasteiger partial charge in [0.05, 0.1) is 13.5 Å². The summed E-state index contributed by atoms with van der Waals surface area (Å²) < 4.78 is 4.40. The number of amides is 3. The van der Waals surface area contributed by atoms with E-state index in [4.69, 9.17) is 0 Å². The van der Waals surface area contributed by atoms with E-state index in [0.717, 1.165) is 11.1 Å². The van der Waals surface area contributed by atoms with Crippen LogP contribution >= 0.6 is 0 Å². The third kappa shape index (κ3) is 7.96. The monoisotopic (exact) mass is 349 g/mol.